The molecule has 2 nitrogen and oxygen atoms in total. The molecule has 0 aliphatic heterocycles. The summed E-state index contributed by atoms with van der Waals surface area (Å²) in [7, 11) is 0. The predicted molar refractivity (Wildman–Crippen MR) is 185 cm³/mol. The van der Waals surface area contributed by atoms with Gasteiger partial charge in [-0.25, -0.2) is 0 Å². The molecule has 0 bridgehead atoms. The Bertz CT molecular complexity index is 1300. The number of aliphatic hydroxyl groups is 1. The van der Waals surface area contributed by atoms with E-state index in [0.29, 0.717) is 12.0 Å². The molecule has 1 aliphatic rings. The average Bonchev–Trinajstić information content (AvgIpc) is 2.89. The largest absolute Gasteiger partial charge is 0.385 e. The van der Waals surface area contributed by atoms with Gasteiger partial charge in [0.2, 0.25) is 0 Å². The van der Waals surface area contributed by atoms with E-state index in [2.05, 4.69) is 134 Å². The minimum Gasteiger partial charge on any atom is -0.385 e. The van der Waals surface area contributed by atoms with E-state index in [9.17, 15) is 9.90 Å². The molecule has 0 amide bonds. The molecule has 1 atom stereocenters. The first-order valence-electron chi connectivity index (χ1n) is 15.0. The minimum atomic E-state index is -0.893. The van der Waals surface area contributed by atoms with Gasteiger partial charge in [-0.05, 0) is 91.2 Å². The van der Waals surface area contributed by atoms with Crippen molar-refractivity contribution in [1.29, 1.82) is 0 Å². The number of hydrogen-bond acceptors (Lipinski definition) is 2. The van der Waals surface area contributed by atoms with Gasteiger partial charge in [-0.15, -0.1) is 0 Å². The summed E-state index contributed by atoms with van der Waals surface area (Å²) in [5.41, 5.74) is 8.85. The summed E-state index contributed by atoms with van der Waals surface area (Å²) in [5.74, 6) is -0.162. The lowest BCUT2D eigenvalue weighted by Crippen LogP contribution is -2.35. The van der Waals surface area contributed by atoms with Crippen molar-refractivity contribution >= 4 is 5.78 Å². The summed E-state index contributed by atoms with van der Waals surface area (Å²) in [5, 5.41) is 10.0. The molecule has 0 radical (unpaired) electrons. The highest BCUT2D eigenvalue weighted by Crippen LogP contribution is 2.39. The van der Waals surface area contributed by atoms with E-state index in [1.54, 1.807) is 0 Å². The van der Waals surface area contributed by atoms with Crippen molar-refractivity contribution in [3.05, 3.63) is 142 Å². The maximum Gasteiger partial charge on any atom is 0.187 e. The van der Waals surface area contributed by atoms with Crippen LogP contribution in [0.2, 0.25) is 0 Å². The lowest BCUT2D eigenvalue weighted by atomic mass is 9.71. The zero-order valence-corrected chi connectivity index (χ0v) is 27.8. The van der Waals surface area contributed by atoms with Gasteiger partial charge < -0.3 is 5.11 Å². The fraction of sp³-hybridized carbons (Fsp3) is 0.375. The van der Waals surface area contributed by atoms with Gasteiger partial charge in [0, 0.05) is 0 Å². The van der Waals surface area contributed by atoms with Gasteiger partial charge in [0.15, 0.2) is 5.78 Å². The molecular weight excluding hydrogens is 512 g/mol. The number of allylic oxidation sites excluding steroid dienone is 23. The predicted octanol–water partition coefficient (Wildman–Crippen LogP) is 10.9. The Balaban J connectivity index is 2.64. The van der Waals surface area contributed by atoms with Gasteiger partial charge in [0.1, 0.15) is 6.10 Å². The fourth-order valence-corrected chi connectivity index (χ4v) is 4.52. The number of hydrogen-bond donors (Lipinski definition) is 1. The lowest BCUT2D eigenvalue weighted by Gasteiger charge is -2.34. The number of ketones is 1. The van der Waals surface area contributed by atoms with Crippen LogP contribution in [0.5, 0.6) is 0 Å². The number of carbonyl (C=O) groups is 1. The lowest BCUT2D eigenvalue weighted by molar-refractivity contribution is -0.125. The Morgan fingerprint density at radius 1 is 0.738 bits per heavy atom. The van der Waals surface area contributed by atoms with Crippen LogP contribution in [-0.2, 0) is 4.79 Å². The molecule has 1 N–H and O–H groups in total. The highest BCUT2D eigenvalue weighted by Gasteiger charge is 2.36. The molecule has 226 valence electrons. The van der Waals surface area contributed by atoms with Crippen molar-refractivity contribution in [2.45, 2.75) is 94.6 Å². The van der Waals surface area contributed by atoms with Crippen molar-refractivity contribution in [3.63, 3.8) is 0 Å². The van der Waals surface area contributed by atoms with Gasteiger partial charge in [-0.3, -0.25) is 4.79 Å². The Kier molecular flexibility index (Phi) is 16.4. The molecule has 0 heterocycles. The molecule has 1 aliphatic carbocycles. The number of Topliss-reactive ketones (excluding diaryl/α,β-unsaturated/α-hetero) is 1. The summed E-state index contributed by atoms with van der Waals surface area (Å²) < 4.78 is 0. The zero-order valence-electron chi connectivity index (χ0n) is 27.8. The topological polar surface area (TPSA) is 37.3 Å². The summed E-state index contributed by atoms with van der Waals surface area (Å²) in [6, 6.07) is 0. The molecule has 0 aromatic carbocycles. The first-order valence-corrected chi connectivity index (χ1v) is 15.0. The second-order valence-corrected chi connectivity index (χ2v) is 12.3. The van der Waals surface area contributed by atoms with Crippen LogP contribution < -0.4 is 0 Å². The van der Waals surface area contributed by atoms with Crippen LogP contribution in [0.3, 0.4) is 0 Å². The molecule has 42 heavy (non-hydrogen) atoms. The third-order valence-corrected chi connectivity index (χ3v) is 7.12. The molecule has 0 fully saturated rings. The van der Waals surface area contributed by atoms with Crippen molar-refractivity contribution < 1.29 is 9.90 Å². The van der Waals surface area contributed by atoms with Crippen molar-refractivity contribution in [1.82, 2.24) is 0 Å². The van der Waals surface area contributed by atoms with Gasteiger partial charge in [-0.2, -0.15) is 0 Å². The maximum atomic E-state index is 12.2. The molecule has 0 aromatic heterocycles. The standard InChI is InChI=1S/C40H54O2/c1-30(2)17-13-20-33(5)23-15-25-34(6)24-14-21-31(3)18-11-12-19-32(4)22-16-26-35(7)27-28-37-36(8)39(42)38(41)29-40(37,9)10/h11-12,14-19,21-28,38,41H,13,20,29H2,1-10H3. The van der Waals surface area contributed by atoms with Crippen LogP contribution in [0.1, 0.15) is 88.5 Å². The highest BCUT2D eigenvalue weighted by molar-refractivity contribution is 6.00. The van der Waals surface area contributed by atoms with Crippen LogP contribution in [0.15, 0.2) is 142 Å². The van der Waals surface area contributed by atoms with Crippen molar-refractivity contribution in [3.8, 4) is 0 Å². The fourth-order valence-electron chi connectivity index (χ4n) is 4.52. The number of rotatable bonds is 13. The van der Waals surface area contributed by atoms with Gasteiger partial charge in [-0.1, -0.05) is 145 Å². The molecule has 0 saturated carbocycles. The Hall–Kier alpha value is -3.49. The van der Waals surface area contributed by atoms with E-state index in [1.165, 1.54) is 22.3 Å². The number of aliphatic hydroxyl groups excluding tert-OH is 1. The van der Waals surface area contributed by atoms with E-state index in [0.717, 1.165) is 29.6 Å². The summed E-state index contributed by atoms with van der Waals surface area (Å²) in [4.78, 5) is 12.2. The van der Waals surface area contributed by atoms with Gasteiger partial charge in [0.25, 0.3) is 0 Å². The molecule has 1 unspecified atom stereocenters. The third kappa shape index (κ3) is 14.9. The molecule has 0 spiro atoms. The second-order valence-electron chi connectivity index (χ2n) is 12.3. The zero-order chi connectivity index (χ0) is 31.7. The first-order chi connectivity index (χ1) is 19.7. The molecule has 0 aromatic rings. The average molecular weight is 567 g/mol. The second kappa shape index (κ2) is 18.8. The van der Waals surface area contributed by atoms with Crippen LogP contribution in [0, 0.1) is 5.41 Å². The summed E-state index contributed by atoms with van der Waals surface area (Å²) in [6.45, 7) is 20.8. The Labute approximate surface area is 257 Å². The van der Waals surface area contributed by atoms with Gasteiger partial charge in [0.05, 0.1) is 0 Å². The smallest absolute Gasteiger partial charge is 0.187 e. The van der Waals surface area contributed by atoms with Gasteiger partial charge >= 0.3 is 0 Å². The summed E-state index contributed by atoms with van der Waals surface area (Å²) >= 11 is 0. The Morgan fingerprint density at radius 3 is 1.69 bits per heavy atom. The quantitative estimate of drug-likeness (QED) is 0.178. The van der Waals surface area contributed by atoms with Crippen LogP contribution in [-0.4, -0.2) is 17.0 Å². The normalized spacial score (nSPS) is 20.0. The minimum absolute atomic E-state index is 0.162. The molecule has 1 rings (SSSR count). The van der Waals surface area contributed by atoms with E-state index < -0.39 is 6.10 Å². The van der Waals surface area contributed by atoms with Crippen molar-refractivity contribution in [2.75, 3.05) is 0 Å². The van der Waals surface area contributed by atoms with E-state index in [-0.39, 0.29) is 11.2 Å². The Morgan fingerprint density at radius 2 is 1.19 bits per heavy atom. The van der Waals surface area contributed by atoms with Crippen LogP contribution >= 0.6 is 0 Å². The maximum absolute atomic E-state index is 12.2. The SMILES string of the molecule is CC(C)=CCCC(C)=CC=CC(C)=CC=CC(C)=CC=CC=C(C)C=CC=C(C)C=CC1=C(C)C(=O)C(O)CC1(C)C. The van der Waals surface area contributed by atoms with Crippen LogP contribution in [0.25, 0.3) is 0 Å². The summed E-state index contributed by atoms with van der Waals surface area (Å²) in [6.07, 6.45) is 35.4. The van der Waals surface area contributed by atoms with Crippen molar-refractivity contribution in [2.24, 2.45) is 5.41 Å². The van der Waals surface area contributed by atoms with E-state index in [1.807, 2.05) is 32.1 Å². The molecule has 2 heteroatoms. The number of carbonyl (C=O) groups excluding carboxylic acids is 1. The van der Waals surface area contributed by atoms with E-state index in [4.69, 9.17) is 0 Å². The van der Waals surface area contributed by atoms with Crippen LogP contribution in [0.4, 0.5) is 0 Å². The monoisotopic (exact) mass is 566 g/mol. The molecular formula is C40H54O2. The van der Waals surface area contributed by atoms with E-state index >= 15 is 0 Å². The molecule has 0 saturated heterocycles. The first kappa shape index (κ1) is 36.5. The third-order valence-electron chi connectivity index (χ3n) is 7.12. The highest BCUT2D eigenvalue weighted by atomic mass is 16.3.